The molecule has 3 rings (SSSR count). The van der Waals surface area contributed by atoms with Crippen LogP contribution >= 0.6 is 11.6 Å². The summed E-state index contributed by atoms with van der Waals surface area (Å²) in [6.45, 7) is 3.76. The van der Waals surface area contributed by atoms with E-state index in [0.29, 0.717) is 24.8 Å². The lowest BCUT2D eigenvalue weighted by Crippen LogP contribution is -2.41. The molecule has 1 spiro atoms. The van der Waals surface area contributed by atoms with E-state index in [1.54, 1.807) is 11.0 Å². The Bertz CT molecular complexity index is 555. The van der Waals surface area contributed by atoms with Crippen LogP contribution in [0.25, 0.3) is 0 Å². The monoisotopic (exact) mass is 323 g/mol. The number of rotatable bonds is 6. The van der Waals surface area contributed by atoms with Gasteiger partial charge in [-0.3, -0.25) is 4.79 Å². The predicted octanol–water partition coefficient (Wildman–Crippen LogP) is 3.86. The van der Waals surface area contributed by atoms with Crippen molar-refractivity contribution in [2.24, 2.45) is 0 Å². The van der Waals surface area contributed by atoms with Gasteiger partial charge in [0.25, 0.3) is 11.7 Å². The molecule has 0 unspecified atom stereocenters. The molecular weight excluding hydrogens is 302 g/mol. The van der Waals surface area contributed by atoms with E-state index in [0.717, 1.165) is 24.1 Å². The van der Waals surface area contributed by atoms with Crippen LogP contribution in [0.1, 0.15) is 44.6 Å². The van der Waals surface area contributed by atoms with Gasteiger partial charge in [0.2, 0.25) is 0 Å². The molecule has 2 aliphatic rings. The number of hydrogen-bond donors (Lipinski definition) is 0. The van der Waals surface area contributed by atoms with Crippen LogP contribution in [0.3, 0.4) is 0 Å². The largest absolute Gasteiger partial charge is 0.336 e. The molecule has 0 radical (unpaired) electrons. The highest BCUT2D eigenvalue weighted by Gasteiger charge is 2.55. The molecule has 22 heavy (non-hydrogen) atoms. The van der Waals surface area contributed by atoms with E-state index in [9.17, 15) is 4.79 Å². The Morgan fingerprint density at radius 1 is 1.18 bits per heavy atom. The third kappa shape index (κ3) is 2.64. The van der Waals surface area contributed by atoms with E-state index in [4.69, 9.17) is 21.1 Å². The van der Waals surface area contributed by atoms with Gasteiger partial charge in [-0.1, -0.05) is 44.2 Å². The predicted molar refractivity (Wildman–Crippen MR) is 86.1 cm³/mol. The first-order chi connectivity index (χ1) is 10.7. The van der Waals surface area contributed by atoms with E-state index in [1.807, 2.05) is 12.1 Å². The Morgan fingerprint density at radius 3 is 2.64 bits per heavy atom. The number of amides is 1. The number of hydrogen-bond acceptors (Lipinski definition) is 3. The van der Waals surface area contributed by atoms with Gasteiger partial charge >= 0.3 is 0 Å². The first-order valence-corrected chi connectivity index (χ1v) is 8.47. The second-order valence-electron chi connectivity index (χ2n) is 5.85. The average Bonchev–Trinajstić information content (AvgIpc) is 3.08. The zero-order valence-corrected chi connectivity index (χ0v) is 13.7. The molecule has 1 fully saturated rings. The van der Waals surface area contributed by atoms with Crippen LogP contribution in [-0.4, -0.2) is 25.7 Å². The molecule has 0 N–H and O–H groups in total. The Hall–Kier alpha value is -1.10. The van der Waals surface area contributed by atoms with Crippen molar-refractivity contribution in [3.63, 3.8) is 0 Å². The molecule has 120 valence electrons. The summed E-state index contributed by atoms with van der Waals surface area (Å²) in [7, 11) is 0. The van der Waals surface area contributed by atoms with Gasteiger partial charge in [-0.2, -0.15) is 0 Å². The minimum atomic E-state index is -1.26. The summed E-state index contributed by atoms with van der Waals surface area (Å²) in [5.41, 5.74) is 1.61. The number of anilines is 1. The molecule has 0 aromatic heterocycles. The number of nitrogens with zero attached hydrogens (tertiary/aromatic N) is 1. The van der Waals surface area contributed by atoms with Gasteiger partial charge in [-0.25, -0.2) is 0 Å². The van der Waals surface area contributed by atoms with E-state index >= 15 is 0 Å². The summed E-state index contributed by atoms with van der Waals surface area (Å²) in [5, 5.41) is 0.592. The number of benzene rings is 1. The van der Waals surface area contributed by atoms with Gasteiger partial charge in [-0.15, -0.1) is 0 Å². The van der Waals surface area contributed by atoms with E-state index in [2.05, 4.69) is 6.92 Å². The van der Waals surface area contributed by atoms with Crippen molar-refractivity contribution in [3.05, 3.63) is 28.8 Å². The molecule has 4 nitrogen and oxygen atoms in total. The molecule has 0 saturated carbocycles. The van der Waals surface area contributed by atoms with Crippen molar-refractivity contribution in [3.8, 4) is 0 Å². The van der Waals surface area contributed by atoms with Crippen molar-refractivity contribution < 1.29 is 14.3 Å². The molecule has 5 heteroatoms. The molecule has 1 saturated heterocycles. The fourth-order valence-electron chi connectivity index (χ4n) is 3.20. The number of carbonyl (C=O) groups is 1. The lowest BCUT2D eigenvalue weighted by atomic mass is 10.1. The highest BCUT2D eigenvalue weighted by Crippen LogP contribution is 2.46. The first-order valence-electron chi connectivity index (χ1n) is 8.09. The van der Waals surface area contributed by atoms with Gasteiger partial charge in [0.05, 0.1) is 18.9 Å². The zero-order valence-electron chi connectivity index (χ0n) is 12.9. The van der Waals surface area contributed by atoms with E-state index < -0.39 is 5.79 Å². The number of ether oxygens (including phenoxy) is 2. The van der Waals surface area contributed by atoms with Crippen LogP contribution in [0, 0.1) is 0 Å². The first kappa shape index (κ1) is 15.8. The van der Waals surface area contributed by atoms with Crippen molar-refractivity contribution in [1.82, 2.24) is 0 Å². The number of halogens is 1. The molecule has 2 heterocycles. The van der Waals surface area contributed by atoms with Crippen molar-refractivity contribution in [1.29, 1.82) is 0 Å². The summed E-state index contributed by atoms with van der Waals surface area (Å²) >= 11 is 6.10. The molecule has 0 aliphatic carbocycles. The van der Waals surface area contributed by atoms with Crippen LogP contribution in [0.2, 0.25) is 5.02 Å². The van der Waals surface area contributed by atoms with Crippen LogP contribution in [0.5, 0.6) is 0 Å². The number of carbonyl (C=O) groups excluding carboxylic acids is 1. The minimum absolute atomic E-state index is 0.113. The molecule has 0 atom stereocenters. The standard InChI is InChI=1S/C17H22ClNO3/c1-2-3-4-5-6-9-19-15-8-7-13(18)12-14(15)17(16(19)20)21-10-11-22-17/h7-8,12H,2-6,9-11H2,1H3. The topological polar surface area (TPSA) is 38.8 Å². The van der Waals surface area contributed by atoms with Crippen molar-refractivity contribution >= 4 is 23.2 Å². The molecule has 2 aliphatic heterocycles. The Balaban J connectivity index is 1.79. The smallest absolute Gasteiger partial charge is 0.292 e. The third-order valence-corrected chi connectivity index (χ3v) is 4.55. The van der Waals surface area contributed by atoms with Gasteiger partial charge in [0, 0.05) is 17.1 Å². The van der Waals surface area contributed by atoms with E-state index in [1.165, 1.54) is 19.3 Å². The summed E-state index contributed by atoms with van der Waals surface area (Å²) in [4.78, 5) is 14.6. The molecular formula is C17H22ClNO3. The Morgan fingerprint density at radius 2 is 1.91 bits per heavy atom. The molecule has 1 amide bonds. The molecule has 1 aromatic carbocycles. The fourth-order valence-corrected chi connectivity index (χ4v) is 3.37. The second-order valence-corrected chi connectivity index (χ2v) is 6.28. The average molecular weight is 324 g/mol. The maximum atomic E-state index is 12.9. The number of unbranched alkanes of at least 4 members (excludes halogenated alkanes) is 4. The zero-order chi connectivity index (χ0) is 15.6. The Kier molecular flexibility index (Phi) is 4.71. The summed E-state index contributed by atoms with van der Waals surface area (Å²) < 4.78 is 11.4. The maximum absolute atomic E-state index is 12.9. The normalized spacial score (nSPS) is 19.2. The lowest BCUT2D eigenvalue weighted by Gasteiger charge is -2.22. The summed E-state index contributed by atoms with van der Waals surface area (Å²) in [5.74, 6) is -1.37. The maximum Gasteiger partial charge on any atom is 0.292 e. The molecule has 1 aromatic rings. The highest BCUT2D eigenvalue weighted by molar-refractivity contribution is 6.31. The summed E-state index contributed by atoms with van der Waals surface area (Å²) in [6.07, 6.45) is 5.80. The van der Waals surface area contributed by atoms with E-state index in [-0.39, 0.29) is 5.91 Å². The van der Waals surface area contributed by atoms with Crippen LogP contribution in [0.4, 0.5) is 5.69 Å². The SMILES string of the molecule is CCCCCCCN1C(=O)C2(OCCO2)c2cc(Cl)ccc21. The highest BCUT2D eigenvalue weighted by atomic mass is 35.5. The minimum Gasteiger partial charge on any atom is -0.336 e. The van der Waals surface area contributed by atoms with Crippen LogP contribution in [-0.2, 0) is 20.1 Å². The van der Waals surface area contributed by atoms with Crippen molar-refractivity contribution in [2.75, 3.05) is 24.7 Å². The summed E-state index contributed by atoms with van der Waals surface area (Å²) in [6, 6.07) is 5.49. The van der Waals surface area contributed by atoms with Gasteiger partial charge < -0.3 is 14.4 Å². The van der Waals surface area contributed by atoms with Gasteiger partial charge in [0.1, 0.15) is 0 Å². The third-order valence-electron chi connectivity index (χ3n) is 4.31. The van der Waals surface area contributed by atoms with Gasteiger partial charge in [-0.05, 0) is 24.6 Å². The quantitative estimate of drug-likeness (QED) is 0.746. The van der Waals surface area contributed by atoms with Crippen LogP contribution < -0.4 is 4.90 Å². The fraction of sp³-hybridized carbons (Fsp3) is 0.588. The Labute approximate surface area is 136 Å². The second kappa shape index (κ2) is 6.57. The van der Waals surface area contributed by atoms with Gasteiger partial charge in [0.15, 0.2) is 0 Å². The van der Waals surface area contributed by atoms with Crippen LogP contribution in [0.15, 0.2) is 18.2 Å². The lowest BCUT2D eigenvalue weighted by molar-refractivity contribution is -0.180. The van der Waals surface area contributed by atoms with Crippen molar-refractivity contribution in [2.45, 2.75) is 44.8 Å². The molecule has 0 bridgehead atoms. The number of fused-ring (bicyclic) bond motifs is 2.